The highest BCUT2D eigenvalue weighted by atomic mass is 35.5. The van der Waals surface area contributed by atoms with Gasteiger partial charge in [0.25, 0.3) is 10.0 Å². The summed E-state index contributed by atoms with van der Waals surface area (Å²) in [6, 6.07) is 18.2. The van der Waals surface area contributed by atoms with Crippen LogP contribution in [0.3, 0.4) is 0 Å². The fourth-order valence-electron chi connectivity index (χ4n) is 4.45. The number of rotatable bonds is 10. The molecular formula is C32H40ClN3O4S. The van der Waals surface area contributed by atoms with E-state index in [9.17, 15) is 18.0 Å². The third-order valence-electron chi connectivity index (χ3n) is 6.82. The van der Waals surface area contributed by atoms with E-state index in [1.54, 1.807) is 30.3 Å². The van der Waals surface area contributed by atoms with Crippen molar-refractivity contribution in [1.82, 2.24) is 10.2 Å². The average Bonchev–Trinajstić information content (AvgIpc) is 2.89. The van der Waals surface area contributed by atoms with Crippen molar-refractivity contribution in [2.75, 3.05) is 10.8 Å². The lowest BCUT2D eigenvalue weighted by molar-refractivity contribution is -0.141. The molecule has 2 amide bonds. The number of carbonyl (C=O) groups is 2. The number of sulfonamides is 1. The molecule has 0 aliphatic rings. The van der Waals surface area contributed by atoms with Crippen molar-refractivity contribution in [3.8, 4) is 0 Å². The first kappa shape index (κ1) is 32.2. The van der Waals surface area contributed by atoms with Crippen molar-refractivity contribution < 1.29 is 18.0 Å². The molecule has 0 fully saturated rings. The van der Waals surface area contributed by atoms with E-state index in [0.717, 1.165) is 26.6 Å². The summed E-state index contributed by atoms with van der Waals surface area (Å²) in [7, 11) is -4.16. The second-order valence-electron chi connectivity index (χ2n) is 11.4. The van der Waals surface area contributed by atoms with Gasteiger partial charge in [-0.15, -0.1) is 0 Å². The Labute approximate surface area is 249 Å². The van der Waals surface area contributed by atoms with E-state index in [4.69, 9.17) is 11.6 Å². The molecule has 3 rings (SSSR count). The highest BCUT2D eigenvalue weighted by Gasteiger charge is 2.35. The smallest absolute Gasteiger partial charge is 0.264 e. The number of nitrogens with zero attached hydrogens (tertiary/aromatic N) is 2. The molecular weight excluding hydrogens is 558 g/mol. The highest BCUT2D eigenvalue weighted by molar-refractivity contribution is 7.92. The largest absolute Gasteiger partial charge is 0.350 e. The molecule has 1 atom stereocenters. The topological polar surface area (TPSA) is 86.8 Å². The summed E-state index contributed by atoms with van der Waals surface area (Å²) < 4.78 is 29.1. The van der Waals surface area contributed by atoms with E-state index in [2.05, 4.69) is 5.32 Å². The van der Waals surface area contributed by atoms with Gasteiger partial charge in [-0.3, -0.25) is 13.9 Å². The average molecular weight is 598 g/mol. The lowest BCUT2D eigenvalue weighted by Gasteiger charge is -2.35. The van der Waals surface area contributed by atoms with Crippen LogP contribution in [0.25, 0.3) is 0 Å². The standard InChI is InChI=1S/C32H40ClN3O4S/c1-8-29(31(38)34-32(5,6)7)35(20-25-12-10-9-11-23(25)3)30(37)21-36(26-16-15-24(4)28(33)19-26)41(39,40)27-17-13-22(2)14-18-27/h9-19,29H,8,20-21H2,1-7H3,(H,34,38). The van der Waals surface area contributed by atoms with Gasteiger partial charge in [0.15, 0.2) is 0 Å². The van der Waals surface area contributed by atoms with Gasteiger partial charge in [-0.05, 0) is 88.9 Å². The Hall–Kier alpha value is -3.36. The minimum Gasteiger partial charge on any atom is -0.350 e. The molecule has 0 heterocycles. The van der Waals surface area contributed by atoms with Crippen molar-refractivity contribution in [3.05, 3.63) is 94.0 Å². The molecule has 220 valence electrons. The molecule has 7 nitrogen and oxygen atoms in total. The maximum absolute atomic E-state index is 14.2. The lowest BCUT2D eigenvalue weighted by Crippen LogP contribution is -2.55. The SMILES string of the molecule is CCC(C(=O)NC(C)(C)C)N(Cc1ccccc1C)C(=O)CN(c1ccc(C)c(Cl)c1)S(=O)(=O)c1ccc(C)cc1. The molecule has 0 spiro atoms. The summed E-state index contributed by atoms with van der Waals surface area (Å²) in [6.07, 6.45) is 0.348. The van der Waals surface area contributed by atoms with Crippen molar-refractivity contribution in [1.29, 1.82) is 0 Å². The summed E-state index contributed by atoms with van der Waals surface area (Å²) in [5, 5.41) is 3.37. The van der Waals surface area contributed by atoms with E-state index < -0.39 is 34.1 Å². The Morgan fingerprint density at radius 3 is 2.12 bits per heavy atom. The predicted molar refractivity (Wildman–Crippen MR) is 166 cm³/mol. The van der Waals surface area contributed by atoms with Crippen molar-refractivity contribution in [2.45, 2.75) is 77.9 Å². The molecule has 9 heteroatoms. The zero-order chi connectivity index (χ0) is 30.5. The number of benzene rings is 3. The van der Waals surface area contributed by atoms with Crippen molar-refractivity contribution in [3.63, 3.8) is 0 Å². The van der Waals surface area contributed by atoms with Gasteiger partial charge in [-0.2, -0.15) is 0 Å². The summed E-state index contributed by atoms with van der Waals surface area (Å²) in [4.78, 5) is 29.2. The Morgan fingerprint density at radius 1 is 0.927 bits per heavy atom. The minimum absolute atomic E-state index is 0.0515. The summed E-state index contributed by atoms with van der Waals surface area (Å²) in [6.45, 7) is 12.7. The Bertz CT molecular complexity index is 1500. The monoisotopic (exact) mass is 597 g/mol. The molecule has 0 aliphatic carbocycles. The fourth-order valence-corrected chi connectivity index (χ4v) is 6.03. The Balaban J connectivity index is 2.11. The quantitative estimate of drug-likeness (QED) is 0.302. The second-order valence-corrected chi connectivity index (χ2v) is 13.6. The van der Waals surface area contributed by atoms with Gasteiger partial charge in [-0.25, -0.2) is 8.42 Å². The highest BCUT2D eigenvalue weighted by Crippen LogP contribution is 2.29. The molecule has 3 aromatic carbocycles. The van der Waals surface area contributed by atoms with Crippen LogP contribution in [0.15, 0.2) is 71.6 Å². The number of carbonyl (C=O) groups excluding carboxylic acids is 2. The number of nitrogens with one attached hydrogen (secondary N) is 1. The van der Waals surface area contributed by atoms with Gasteiger partial charge in [0.1, 0.15) is 12.6 Å². The Kier molecular flexibility index (Phi) is 10.3. The molecule has 1 unspecified atom stereocenters. The van der Waals surface area contributed by atoms with E-state index in [-0.39, 0.29) is 23.0 Å². The van der Waals surface area contributed by atoms with Gasteiger partial charge in [-0.1, -0.05) is 66.6 Å². The zero-order valence-electron chi connectivity index (χ0n) is 24.9. The molecule has 41 heavy (non-hydrogen) atoms. The van der Waals surface area contributed by atoms with Crippen molar-refractivity contribution >= 4 is 39.1 Å². The number of aryl methyl sites for hydroxylation is 3. The maximum atomic E-state index is 14.2. The first-order chi connectivity index (χ1) is 19.1. The number of hydrogen-bond acceptors (Lipinski definition) is 4. The van der Waals surface area contributed by atoms with Crippen LogP contribution in [0.5, 0.6) is 0 Å². The molecule has 3 aromatic rings. The summed E-state index contributed by atoms with van der Waals surface area (Å²) in [5.74, 6) is -0.801. The number of hydrogen-bond donors (Lipinski definition) is 1. The predicted octanol–water partition coefficient (Wildman–Crippen LogP) is 6.18. The fraction of sp³-hybridized carbons (Fsp3) is 0.375. The van der Waals surface area contributed by atoms with Gasteiger partial charge < -0.3 is 10.2 Å². The summed E-state index contributed by atoms with van der Waals surface area (Å²) >= 11 is 6.40. The van der Waals surface area contributed by atoms with Crippen LogP contribution < -0.4 is 9.62 Å². The normalized spacial score (nSPS) is 12.5. The molecule has 0 aromatic heterocycles. The second kappa shape index (κ2) is 13.1. The third kappa shape index (κ3) is 8.11. The van der Waals surface area contributed by atoms with Crippen LogP contribution in [-0.2, 0) is 26.2 Å². The third-order valence-corrected chi connectivity index (χ3v) is 9.01. The van der Waals surface area contributed by atoms with Gasteiger partial charge in [0.2, 0.25) is 11.8 Å². The molecule has 0 saturated carbocycles. The number of anilines is 1. The first-order valence-corrected chi connectivity index (χ1v) is 15.5. The van der Waals surface area contributed by atoms with Crippen LogP contribution in [0.1, 0.15) is 56.4 Å². The molecule has 1 N–H and O–H groups in total. The van der Waals surface area contributed by atoms with Gasteiger partial charge >= 0.3 is 0 Å². The van der Waals surface area contributed by atoms with Crippen molar-refractivity contribution in [2.24, 2.45) is 0 Å². The van der Waals surface area contributed by atoms with Crippen LogP contribution in [0.2, 0.25) is 5.02 Å². The van der Waals surface area contributed by atoms with E-state index >= 15 is 0 Å². The Morgan fingerprint density at radius 2 is 1.56 bits per heavy atom. The van der Waals surface area contributed by atoms with Crippen LogP contribution in [-0.4, -0.2) is 43.3 Å². The maximum Gasteiger partial charge on any atom is 0.264 e. The van der Waals surface area contributed by atoms with E-state index in [1.165, 1.54) is 17.0 Å². The van der Waals surface area contributed by atoms with E-state index in [0.29, 0.717) is 11.4 Å². The van der Waals surface area contributed by atoms with E-state index in [1.807, 2.05) is 72.7 Å². The van der Waals surface area contributed by atoms with Gasteiger partial charge in [0.05, 0.1) is 10.6 Å². The number of halogens is 1. The molecule has 0 radical (unpaired) electrons. The first-order valence-electron chi connectivity index (χ1n) is 13.7. The zero-order valence-corrected chi connectivity index (χ0v) is 26.4. The minimum atomic E-state index is -4.16. The molecule has 0 bridgehead atoms. The number of amides is 2. The molecule has 0 saturated heterocycles. The summed E-state index contributed by atoms with van der Waals surface area (Å²) in [5.41, 5.74) is 3.27. The lowest BCUT2D eigenvalue weighted by atomic mass is 10.0. The van der Waals surface area contributed by atoms with Crippen LogP contribution in [0, 0.1) is 20.8 Å². The van der Waals surface area contributed by atoms with Gasteiger partial charge in [0, 0.05) is 17.1 Å². The molecule has 0 aliphatic heterocycles. The van der Waals surface area contributed by atoms with Crippen LogP contribution >= 0.6 is 11.6 Å². The van der Waals surface area contributed by atoms with Crippen LogP contribution in [0.4, 0.5) is 5.69 Å².